The molecule has 174 valence electrons. The first-order valence-corrected chi connectivity index (χ1v) is 11.7. The normalized spacial score (nSPS) is 13.5. The number of nitrogens with zero attached hydrogens (tertiary/aromatic N) is 7. The lowest BCUT2D eigenvalue weighted by Gasteiger charge is -2.11. The van der Waals surface area contributed by atoms with Crippen molar-refractivity contribution in [2.75, 3.05) is 5.73 Å². The summed E-state index contributed by atoms with van der Waals surface area (Å²) in [6, 6.07) is 11.6. The van der Waals surface area contributed by atoms with Gasteiger partial charge in [-0.3, -0.25) is 14.2 Å². The number of benzene rings is 1. The number of nitrogen functional groups attached to an aromatic ring is 1. The molecule has 4 aromatic heterocycles. The van der Waals surface area contributed by atoms with Crippen molar-refractivity contribution in [3.63, 3.8) is 0 Å². The van der Waals surface area contributed by atoms with E-state index in [-0.39, 0.29) is 5.82 Å². The highest BCUT2D eigenvalue weighted by Crippen LogP contribution is 2.36. The lowest BCUT2D eigenvalue weighted by Crippen LogP contribution is -2.25. The molecular formula is C25H21ClN8O. The Balaban J connectivity index is 1.64. The van der Waals surface area contributed by atoms with Crippen LogP contribution in [0, 0.1) is 17.2 Å². The first-order chi connectivity index (χ1) is 16.9. The summed E-state index contributed by atoms with van der Waals surface area (Å²) in [5, 5.41) is 16.5. The topological polar surface area (TPSA) is 120 Å². The summed E-state index contributed by atoms with van der Waals surface area (Å²) in [4.78, 5) is 21.4. The molecule has 0 bridgehead atoms. The maximum atomic E-state index is 12.8. The predicted molar refractivity (Wildman–Crippen MR) is 134 cm³/mol. The first kappa shape index (κ1) is 21.4. The highest BCUT2D eigenvalue weighted by atomic mass is 35.5. The molecule has 1 aliphatic carbocycles. The molecule has 0 amide bonds. The van der Waals surface area contributed by atoms with Crippen molar-refractivity contribution in [1.29, 1.82) is 5.26 Å². The van der Waals surface area contributed by atoms with Crippen molar-refractivity contribution in [2.24, 2.45) is 13.0 Å². The average Bonchev–Trinajstić information content (AvgIpc) is 3.47. The van der Waals surface area contributed by atoms with Crippen molar-refractivity contribution in [3.05, 3.63) is 69.4 Å². The summed E-state index contributed by atoms with van der Waals surface area (Å²) in [6.45, 7) is 0.941. The molecule has 0 spiro atoms. The van der Waals surface area contributed by atoms with E-state index in [1.165, 1.54) is 0 Å². The number of anilines is 1. The van der Waals surface area contributed by atoms with Gasteiger partial charge in [0, 0.05) is 31.4 Å². The Morgan fingerprint density at radius 1 is 1.29 bits per heavy atom. The van der Waals surface area contributed by atoms with E-state index in [1.807, 2.05) is 40.6 Å². The van der Waals surface area contributed by atoms with Gasteiger partial charge >= 0.3 is 5.69 Å². The summed E-state index contributed by atoms with van der Waals surface area (Å²) in [5.74, 6) is 0.571. The highest BCUT2D eigenvalue weighted by molar-refractivity contribution is 6.35. The molecule has 1 aromatic carbocycles. The van der Waals surface area contributed by atoms with E-state index < -0.39 is 5.69 Å². The molecule has 10 heteroatoms. The number of hydrogen-bond acceptors (Lipinski definition) is 6. The fourth-order valence-electron chi connectivity index (χ4n) is 4.64. The van der Waals surface area contributed by atoms with Gasteiger partial charge in [-0.05, 0) is 42.5 Å². The van der Waals surface area contributed by atoms with Crippen molar-refractivity contribution in [1.82, 2.24) is 28.9 Å². The molecule has 5 aromatic rings. The third kappa shape index (κ3) is 3.54. The number of para-hydroxylation sites is 1. The zero-order valence-corrected chi connectivity index (χ0v) is 19.7. The van der Waals surface area contributed by atoms with Gasteiger partial charge in [-0.15, -0.1) is 0 Å². The quantitative estimate of drug-likeness (QED) is 0.406. The van der Waals surface area contributed by atoms with Crippen LogP contribution in [0.2, 0.25) is 5.02 Å². The molecule has 1 saturated carbocycles. The number of hydrogen-bond donors (Lipinski definition) is 1. The van der Waals surface area contributed by atoms with Gasteiger partial charge in [-0.1, -0.05) is 23.7 Å². The van der Waals surface area contributed by atoms with Gasteiger partial charge in [0.05, 0.1) is 39.4 Å². The van der Waals surface area contributed by atoms with Gasteiger partial charge in [-0.2, -0.15) is 15.3 Å². The zero-order valence-electron chi connectivity index (χ0n) is 18.9. The van der Waals surface area contributed by atoms with Crippen LogP contribution in [0.3, 0.4) is 0 Å². The maximum Gasteiger partial charge on any atom is 0.351 e. The molecule has 0 unspecified atom stereocenters. The molecule has 0 atom stereocenters. The second-order valence-electron chi connectivity index (χ2n) is 8.98. The monoisotopic (exact) mass is 484 g/mol. The van der Waals surface area contributed by atoms with Crippen molar-refractivity contribution in [3.8, 4) is 17.5 Å². The maximum absolute atomic E-state index is 12.8. The van der Waals surface area contributed by atoms with Crippen LogP contribution >= 0.6 is 11.6 Å². The second kappa shape index (κ2) is 7.96. The largest absolute Gasteiger partial charge is 0.383 e. The van der Waals surface area contributed by atoms with Crippen LogP contribution in [0.25, 0.3) is 33.3 Å². The molecule has 35 heavy (non-hydrogen) atoms. The van der Waals surface area contributed by atoms with Crippen molar-refractivity contribution >= 4 is 39.4 Å². The number of aromatic nitrogens is 6. The van der Waals surface area contributed by atoms with E-state index >= 15 is 0 Å². The number of fused-ring (bicyclic) bond motifs is 2. The minimum Gasteiger partial charge on any atom is -0.383 e. The van der Waals surface area contributed by atoms with Crippen LogP contribution in [0.5, 0.6) is 0 Å². The van der Waals surface area contributed by atoms with Crippen LogP contribution in [0.15, 0.2) is 47.5 Å². The molecule has 6 rings (SSSR count). The van der Waals surface area contributed by atoms with Crippen molar-refractivity contribution < 1.29 is 0 Å². The third-order valence-corrected chi connectivity index (χ3v) is 6.84. The van der Waals surface area contributed by atoms with E-state index in [4.69, 9.17) is 22.4 Å². The number of rotatable bonds is 5. The van der Waals surface area contributed by atoms with Crippen molar-refractivity contribution in [2.45, 2.75) is 25.9 Å². The fraction of sp³-hybridized carbons (Fsp3) is 0.240. The molecule has 4 heterocycles. The minimum atomic E-state index is -0.399. The van der Waals surface area contributed by atoms with Crippen LogP contribution in [0.4, 0.5) is 5.82 Å². The highest BCUT2D eigenvalue weighted by Gasteiger charge is 2.27. The number of pyridine rings is 1. The number of nitriles is 1. The van der Waals surface area contributed by atoms with E-state index in [2.05, 4.69) is 16.0 Å². The van der Waals surface area contributed by atoms with Gasteiger partial charge in [0.1, 0.15) is 11.9 Å². The van der Waals surface area contributed by atoms with E-state index in [9.17, 15) is 10.1 Å². The Bertz CT molecular complexity index is 1730. The molecule has 0 aliphatic heterocycles. The Morgan fingerprint density at radius 2 is 2.11 bits per heavy atom. The van der Waals surface area contributed by atoms with Gasteiger partial charge in [0.15, 0.2) is 5.65 Å². The predicted octanol–water partition coefficient (Wildman–Crippen LogP) is 3.71. The van der Waals surface area contributed by atoms with Gasteiger partial charge in [-0.25, -0.2) is 4.79 Å². The Hall–Kier alpha value is -4.16. The molecule has 1 aliphatic rings. The Labute approximate surface area is 205 Å². The SMILES string of the molecule is Cn1cc(C#N)cc1-c1c2c(N)nc(=O)n(CC3CC3)c2nn1Cc1ccnc2c(Cl)cccc12. The molecular weight excluding hydrogens is 464 g/mol. The van der Waals surface area contributed by atoms with Crippen LogP contribution < -0.4 is 11.4 Å². The summed E-state index contributed by atoms with van der Waals surface area (Å²) in [6.07, 6.45) is 5.64. The smallest absolute Gasteiger partial charge is 0.351 e. The third-order valence-electron chi connectivity index (χ3n) is 6.54. The van der Waals surface area contributed by atoms with E-state index in [0.29, 0.717) is 51.8 Å². The fourth-order valence-corrected chi connectivity index (χ4v) is 4.86. The molecule has 0 saturated heterocycles. The molecule has 2 N–H and O–H groups in total. The standard InChI is InChI=1S/C25H21ClN8O/c1-32-11-15(10-27)9-19(32)22-20-23(28)30-25(35)33(12-14-5-6-14)24(20)31-34(22)13-16-7-8-29-21-17(16)3-2-4-18(21)26/h2-4,7-9,11,14H,5-6,12-13H2,1H3,(H2,28,30,35). The lowest BCUT2D eigenvalue weighted by molar-refractivity contribution is 0.600. The summed E-state index contributed by atoms with van der Waals surface area (Å²) in [5.41, 5.74) is 10.1. The summed E-state index contributed by atoms with van der Waals surface area (Å²) in [7, 11) is 1.87. The Kier molecular flexibility index (Phi) is 4.86. The summed E-state index contributed by atoms with van der Waals surface area (Å²) < 4.78 is 5.32. The van der Waals surface area contributed by atoms with Gasteiger partial charge in [0.25, 0.3) is 0 Å². The van der Waals surface area contributed by atoms with Crippen LogP contribution in [0.1, 0.15) is 24.0 Å². The van der Waals surface area contributed by atoms with Crippen LogP contribution in [-0.2, 0) is 20.1 Å². The van der Waals surface area contributed by atoms with E-state index in [1.54, 1.807) is 23.0 Å². The minimum absolute atomic E-state index is 0.126. The number of aryl methyl sites for hydroxylation is 1. The van der Waals surface area contributed by atoms with Gasteiger partial charge in [0.2, 0.25) is 0 Å². The zero-order chi connectivity index (χ0) is 24.3. The summed E-state index contributed by atoms with van der Waals surface area (Å²) >= 11 is 6.39. The average molecular weight is 485 g/mol. The molecule has 9 nitrogen and oxygen atoms in total. The van der Waals surface area contributed by atoms with Crippen LogP contribution in [-0.4, -0.2) is 28.9 Å². The van der Waals surface area contributed by atoms with Gasteiger partial charge < -0.3 is 10.3 Å². The first-order valence-electron chi connectivity index (χ1n) is 11.3. The Morgan fingerprint density at radius 3 is 2.86 bits per heavy atom. The van der Waals surface area contributed by atoms with E-state index in [0.717, 1.165) is 29.5 Å². The molecule has 1 fully saturated rings. The number of halogens is 1. The lowest BCUT2D eigenvalue weighted by atomic mass is 10.1. The molecule has 0 radical (unpaired) electrons. The second-order valence-corrected chi connectivity index (χ2v) is 9.39. The number of nitrogens with two attached hydrogens (primary N) is 1.